The number of carbonyl (C=O) groups excluding carboxylic acids is 1. The molecule has 3 nitrogen and oxygen atoms in total. The van der Waals surface area contributed by atoms with Gasteiger partial charge in [-0.1, -0.05) is 36.4 Å². The van der Waals surface area contributed by atoms with Crippen LogP contribution < -0.4 is 4.90 Å². The van der Waals surface area contributed by atoms with Crippen molar-refractivity contribution in [1.82, 2.24) is 4.90 Å². The first-order valence-corrected chi connectivity index (χ1v) is 10.2. The number of para-hydroxylation sites is 1. The zero-order valence-corrected chi connectivity index (χ0v) is 15.2. The first-order chi connectivity index (χ1) is 12.7. The summed E-state index contributed by atoms with van der Waals surface area (Å²) in [7, 11) is 0. The van der Waals surface area contributed by atoms with Crippen LogP contribution in [-0.4, -0.2) is 36.5 Å². The summed E-state index contributed by atoms with van der Waals surface area (Å²) < 4.78 is 0. The van der Waals surface area contributed by atoms with Crippen LogP contribution in [0.1, 0.15) is 31.2 Å². The monoisotopic (exact) mass is 346 g/mol. The van der Waals surface area contributed by atoms with Crippen LogP contribution in [0.5, 0.6) is 0 Å². The maximum Gasteiger partial charge on any atom is 0.231 e. The van der Waals surface area contributed by atoms with E-state index < -0.39 is 0 Å². The summed E-state index contributed by atoms with van der Waals surface area (Å²) in [6.07, 6.45) is 11.4. The maximum absolute atomic E-state index is 13.8. The van der Waals surface area contributed by atoms with E-state index in [9.17, 15) is 4.79 Å². The number of amides is 1. The fraction of sp³-hybridized carbons (Fsp3) is 0.522. The zero-order valence-electron chi connectivity index (χ0n) is 15.2. The van der Waals surface area contributed by atoms with E-state index in [0.29, 0.717) is 17.9 Å². The van der Waals surface area contributed by atoms with Crippen molar-refractivity contribution in [3.05, 3.63) is 54.6 Å². The van der Waals surface area contributed by atoms with Crippen LogP contribution in [0, 0.1) is 17.3 Å². The molecule has 2 saturated carbocycles. The summed E-state index contributed by atoms with van der Waals surface area (Å²) in [6, 6.07) is 9.17. The Labute approximate surface area is 155 Å². The molecule has 1 amide bonds. The maximum atomic E-state index is 13.8. The Morgan fingerprint density at radius 2 is 2.12 bits per heavy atom. The Bertz CT molecular complexity index is 840. The Hall–Kier alpha value is -1.87. The van der Waals surface area contributed by atoms with Gasteiger partial charge in [0.2, 0.25) is 5.91 Å². The number of rotatable bonds is 3. The van der Waals surface area contributed by atoms with Gasteiger partial charge in [-0.05, 0) is 49.8 Å². The average molecular weight is 346 g/mol. The molecule has 0 aromatic heterocycles. The minimum Gasteiger partial charge on any atom is -0.312 e. The molecule has 1 saturated heterocycles. The second kappa shape index (κ2) is 4.89. The Kier molecular flexibility index (Phi) is 2.86. The molecule has 134 valence electrons. The first kappa shape index (κ1) is 15.2. The number of benzene rings is 1. The molecule has 0 N–H and O–H groups in total. The van der Waals surface area contributed by atoms with Crippen molar-refractivity contribution in [2.24, 2.45) is 17.3 Å². The van der Waals surface area contributed by atoms with E-state index in [1.54, 1.807) is 0 Å². The lowest BCUT2D eigenvalue weighted by atomic mass is 9.64. The van der Waals surface area contributed by atoms with Crippen LogP contribution in [0.3, 0.4) is 0 Å². The smallest absolute Gasteiger partial charge is 0.231 e. The van der Waals surface area contributed by atoms with Crippen LogP contribution in [0.2, 0.25) is 0 Å². The van der Waals surface area contributed by atoms with Crippen molar-refractivity contribution in [2.75, 3.05) is 24.5 Å². The minimum absolute atomic E-state index is 0.0350. The Morgan fingerprint density at radius 3 is 2.92 bits per heavy atom. The predicted octanol–water partition coefficient (Wildman–Crippen LogP) is 3.52. The number of carbonyl (C=O) groups is 1. The molecular weight excluding hydrogens is 320 g/mol. The normalized spacial score (nSPS) is 40.3. The quantitative estimate of drug-likeness (QED) is 0.782. The lowest BCUT2D eigenvalue weighted by Gasteiger charge is -2.47. The van der Waals surface area contributed by atoms with Crippen LogP contribution in [-0.2, 0) is 10.2 Å². The van der Waals surface area contributed by atoms with E-state index in [1.165, 1.54) is 24.1 Å². The van der Waals surface area contributed by atoms with Gasteiger partial charge in [-0.25, -0.2) is 0 Å². The van der Waals surface area contributed by atoms with E-state index in [1.807, 2.05) is 0 Å². The lowest BCUT2D eigenvalue weighted by Crippen LogP contribution is -2.55. The van der Waals surface area contributed by atoms with Crippen LogP contribution in [0.25, 0.3) is 0 Å². The standard InChI is InChI=1S/C23H26N2O/c1-2-22-10-5-12-24-13-11-23(21(22)24)17-6-3-4-7-19(17)25(15-16-8-9-16)20(26)18(23)14-22/h2-7,10,16,18,21H,1,8-9,11-15H2/t18-,21+,22+,23+/m1/s1. The molecule has 26 heavy (non-hydrogen) atoms. The van der Waals surface area contributed by atoms with Crippen molar-refractivity contribution >= 4 is 11.6 Å². The van der Waals surface area contributed by atoms with Crippen molar-refractivity contribution in [3.63, 3.8) is 0 Å². The van der Waals surface area contributed by atoms with Gasteiger partial charge in [0.1, 0.15) is 0 Å². The molecule has 2 aliphatic carbocycles. The van der Waals surface area contributed by atoms with Gasteiger partial charge in [0, 0.05) is 35.6 Å². The summed E-state index contributed by atoms with van der Waals surface area (Å²) >= 11 is 0. The molecule has 0 unspecified atom stereocenters. The van der Waals surface area contributed by atoms with Gasteiger partial charge in [-0.3, -0.25) is 9.69 Å². The predicted molar refractivity (Wildman–Crippen MR) is 103 cm³/mol. The molecule has 1 aromatic carbocycles. The molecule has 3 aliphatic heterocycles. The van der Waals surface area contributed by atoms with Crippen molar-refractivity contribution in [3.8, 4) is 0 Å². The lowest BCUT2D eigenvalue weighted by molar-refractivity contribution is -0.124. The highest BCUT2D eigenvalue weighted by molar-refractivity contribution is 6.01. The van der Waals surface area contributed by atoms with Gasteiger partial charge >= 0.3 is 0 Å². The third kappa shape index (κ3) is 1.66. The molecule has 3 heterocycles. The number of anilines is 1. The summed E-state index contributed by atoms with van der Waals surface area (Å²) in [5.74, 6) is 1.17. The number of nitrogens with zero attached hydrogens (tertiary/aromatic N) is 2. The first-order valence-electron chi connectivity index (χ1n) is 10.2. The molecular formula is C23H26N2O. The van der Waals surface area contributed by atoms with Gasteiger partial charge in [0.05, 0.1) is 5.92 Å². The molecule has 4 atom stereocenters. The molecule has 1 spiro atoms. The van der Waals surface area contributed by atoms with Crippen molar-refractivity contribution in [2.45, 2.75) is 37.1 Å². The molecule has 3 fully saturated rings. The van der Waals surface area contributed by atoms with Crippen molar-refractivity contribution < 1.29 is 4.79 Å². The van der Waals surface area contributed by atoms with Crippen LogP contribution in [0.4, 0.5) is 5.69 Å². The molecule has 1 aromatic rings. The van der Waals surface area contributed by atoms with E-state index in [0.717, 1.165) is 32.5 Å². The number of hydrogen-bond acceptors (Lipinski definition) is 2. The van der Waals surface area contributed by atoms with Gasteiger partial charge in [0.15, 0.2) is 0 Å². The molecule has 0 radical (unpaired) electrons. The third-order valence-corrected chi connectivity index (χ3v) is 7.90. The molecule has 0 bridgehead atoms. The van der Waals surface area contributed by atoms with Crippen LogP contribution in [0.15, 0.2) is 49.1 Å². The summed E-state index contributed by atoms with van der Waals surface area (Å²) in [6.45, 7) is 7.23. The Balaban J connectivity index is 1.58. The molecule has 5 aliphatic rings. The number of hydrogen-bond donors (Lipinski definition) is 0. The summed E-state index contributed by atoms with van der Waals surface area (Å²) in [5.41, 5.74) is 2.53. The van der Waals surface area contributed by atoms with Gasteiger partial charge < -0.3 is 4.90 Å². The zero-order chi connectivity index (χ0) is 17.5. The van der Waals surface area contributed by atoms with Gasteiger partial charge in [0.25, 0.3) is 0 Å². The highest BCUT2D eigenvalue weighted by atomic mass is 16.2. The van der Waals surface area contributed by atoms with Crippen molar-refractivity contribution in [1.29, 1.82) is 0 Å². The van der Waals surface area contributed by atoms with E-state index in [4.69, 9.17) is 0 Å². The topological polar surface area (TPSA) is 23.6 Å². The molecule has 3 heteroatoms. The molecule has 6 rings (SSSR count). The highest BCUT2D eigenvalue weighted by Crippen LogP contribution is 2.66. The Morgan fingerprint density at radius 1 is 1.27 bits per heavy atom. The highest BCUT2D eigenvalue weighted by Gasteiger charge is 2.70. The fourth-order valence-corrected chi connectivity index (χ4v) is 6.71. The SMILES string of the molecule is C=C[C@]12C=CCN3CC[C@@]4(c5ccccc5N(CC5CC5)C(=O)[C@H]4C1)[C@@H]32. The van der Waals surface area contributed by atoms with E-state index in [-0.39, 0.29) is 16.7 Å². The minimum atomic E-state index is -0.0578. The third-order valence-electron chi connectivity index (χ3n) is 7.90. The van der Waals surface area contributed by atoms with E-state index >= 15 is 0 Å². The van der Waals surface area contributed by atoms with Gasteiger partial charge in [-0.15, -0.1) is 6.58 Å². The largest absolute Gasteiger partial charge is 0.312 e. The van der Waals surface area contributed by atoms with Gasteiger partial charge in [-0.2, -0.15) is 0 Å². The second-order valence-corrected chi connectivity index (χ2v) is 9.07. The van der Waals surface area contributed by atoms with E-state index in [2.05, 4.69) is 58.9 Å². The van der Waals surface area contributed by atoms with Crippen LogP contribution >= 0.6 is 0 Å². The number of fused-ring (bicyclic) bond motifs is 1. The second-order valence-electron chi connectivity index (χ2n) is 9.07. The summed E-state index contributed by atoms with van der Waals surface area (Å²) in [5, 5.41) is 0. The average Bonchev–Trinajstić information content (AvgIpc) is 3.33. The summed E-state index contributed by atoms with van der Waals surface area (Å²) in [4.78, 5) is 18.5. The fourth-order valence-electron chi connectivity index (χ4n) is 6.71.